The summed E-state index contributed by atoms with van der Waals surface area (Å²) in [6, 6.07) is 4.59. The number of carbonyl (C=O) groups is 3. The van der Waals surface area contributed by atoms with Gasteiger partial charge in [0.25, 0.3) is 11.8 Å². The summed E-state index contributed by atoms with van der Waals surface area (Å²) in [7, 11) is 2.01. The molecule has 42 heavy (non-hydrogen) atoms. The van der Waals surface area contributed by atoms with Gasteiger partial charge in [-0.25, -0.2) is 4.99 Å². The molecule has 3 fully saturated rings. The average Bonchev–Trinajstić information content (AvgIpc) is 3.65. The van der Waals surface area contributed by atoms with E-state index in [0.29, 0.717) is 32.4 Å². The lowest BCUT2D eigenvalue weighted by molar-refractivity contribution is -0.322. The van der Waals surface area contributed by atoms with Crippen molar-refractivity contribution in [1.82, 2.24) is 20.0 Å². The maximum Gasteiger partial charge on any atom is 0.281 e. The zero-order chi connectivity index (χ0) is 29.7. The van der Waals surface area contributed by atoms with Crippen molar-refractivity contribution in [3.05, 3.63) is 35.4 Å². The van der Waals surface area contributed by atoms with Gasteiger partial charge >= 0.3 is 0 Å². The average molecular weight is 574 g/mol. The maximum absolute atomic E-state index is 14.4. The number of hydrogen-bond acceptors (Lipinski definition) is 7. The van der Waals surface area contributed by atoms with E-state index in [-0.39, 0.29) is 23.8 Å². The van der Waals surface area contributed by atoms with Crippen LogP contribution >= 0.6 is 0 Å². The first-order valence-electron chi connectivity index (χ1n) is 15.2. The van der Waals surface area contributed by atoms with Crippen LogP contribution in [-0.2, 0) is 19.1 Å². The fourth-order valence-electron chi connectivity index (χ4n) is 7.95. The van der Waals surface area contributed by atoms with Crippen LogP contribution in [0, 0.1) is 17.8 Å². The van der Waals surface area contributed by atoms with Gasteiger partial charge in [0.05, 0.1) is 11.6 Å². The Morgan fingerprint density at radius 3 is 2.79 bits per heavy atom. The Morgan fingerprint density at radius 2 is 2.05 bits per heavy atom. The molecule has 6 atom stereocenters. The lowest BCUT2D eigenvalue weighted by atomic mass is 9.77. The topological polar surface area (TPSA) is 115 Å². The van der Waals surface area contributed by atoms with Gasteiger partial charge in [0.2, 0.25) is 17.5 Å². The SMILES string of the molecule is CC(C)CC1C(=O)N2CCCC2C2(O)OC(NC(=O)C3C=C4c5cccc6c5C(=C=N6)CC4N(C)C3)(C(C)C)C(=O)N12. The van der Waals surface area contributed by atoms with Crippen molar-refractivity contribution in [3.8, 4) is 0 Å². The van der Waals surface area contributed by atoms with Crippen LogP contribution in [0.2, 0.25) is 0 Å². The molecule has 0 spiro atoms. The monoisotopic (exact) mass is 573 g/mol. The number of nitrogens with zero attached hydrogens (tertiary/aromatic N) is 4. The first kappa shape index (κ1) is 27.5. The van der Waals surface area contributed by atoms with Gasteiger partial charge in [0, 0.05) is 42.6 Å². The number of aliphatic imine (C=N–C) groups is 1. The Labute approximate surface area is 246 Å². The summed E-state index contributed by atoms with van der Waals surface area (Å²) in [5.41, 5.74) is 3.41. The van der Waals surface area contributed by atoms with E-state index in [4.69, 9.17) is 4.74 Å². The smallest absolute Gasteiger partial charge is 0.281 e. The van der Waals surface area contributed by atoms with Crippen LogP contribution in [0.1, 0.15) is 64.5 Å². The summed E-state index contributed by atoms with van der Waals surface area (Å²) < 4.78 is 6.43. The molecule has 10 nitrogen and oxygen atoms in total. The number of nitrogens with one attached hydrogen (secondary N) is 1. The van der Waals surface area contributed by atoms with E-state index < -0.39 is 41.5 Å². The van der Waals surface area contributed by atoms with E-state index in [1.165, 1.54) is 4.90 Å². The minimum Gasteiger partial charge on any atom is -0.347 e. The van der Waals surface area contributed by atoms with Gasteiger partial charge < -0.3 is 15.3 Å². The number of ether oxygens (including phenoxy) is 1. The molecule has 0 saturated carbocycles. The lowest BCUT2D eigenvalue weighted by Gasteiger charge is -2.49. The predicted molar refractivity (Wildman–Crippen MR) is 156 cm³/mol. The summed E-state index contributed by atoms with van der Waals surface area (Å²) in [6.45, 7) is 8.55. The van der Waals surface area contributed by atoms with Crippen molar-refractivity contribution in [2.45, 2.75) is 83.1 Å². The maximum atomic E-state index is 14.4. The number of likely N-dealkylation sites (N-methyl/N-ethyl adjacent to an activating group) is 1. The normalized spacial score (nSPS) is 34.9. The van der Waals surface area contributed by atoms with Crippen LogP contribution in [0.5, 0.6) is 0 Å². The highest BCUT2D eigenvalue weighted by atomic mass is 16.7. The molecule has 1 aliphatic carbocycles. The molecule has 7 rings (SSSR count). The van der Waals surface area contributed by atoms with Crippen LogP contribution in [0.25, 0.3) is 11.1 Å². The van der Waals surface area contributed by atoms with E-state index in [9.17, 15) is 19.5 Å². The number of carbonyl (C=O) groups excluding carboxylic acids is 3. The molecule has 6 unspecified atom stereocenters. The molecule has 0 radical (unpaired) electrons. The first-order valence-corrected chi connectivity index (χ1v) is 15.2. The molecule has 3 saturated heterocycles. The third kappa shape index (κ3) is 3.68. The molecule has 10 heteroatoms. The highest BCUT2D eigenvalue weighted by Gasteiger charge is 2.72. The van der Waals surface area contributed by atoms with Crippen molar-refractivity contribution in [1.29, 1.82) is 0 Å². The summed E-state index contributed by atoms with van der Waals surface area (Å²) in [5.74, 6) is -0.852. The Hall–Kier alpha value is -3.30. The van der Waals surface area contributed by atoms with Crippen LogP contribution in [0.3, 0.4) is 0 Å². The standard InChI is InChI=1S/C32H39N5O5/c1-17(2)12-25-29(39)36-11-7-10-26(36)32(41)37(25)30(40)31(42-32,18(3)4)34-28(38)20-13-22-21-8-6-9-23-27(21)19(15-33-23)14-24(22)35(5)16-20/h6,8-9,13,17-18,20,24-26,41H,7,10-12,14,16H2,1-5H3,(H,34,38). The van der Waals surface area contributed by atoms with Crippen molar-refractivity contribution in [2.24, 2.45) is 22.7 Å². The van der Waals surface area contributed by atoms with Crippen molar-refractivity contribution < 1.29 is 24.2 Å². The quantitative estimate of drug-likeness (QED) is 0.560. The third-order valence-electron chi connectivity index (χ3n) is 10.0. The number of piperazine rings is 1. The zero-order valence-electron chi connectivity index (χ0n) is 24.9. The molecule has 5 aliphatic heterocycles. The number of amides is 3. The summed E-state index contributed by atoms with van der Waals surface area (Å²) in [5, 5.41) is 15.1. The number of benzene rings is 1. The fourth-order valence-corrected chi connectivity index (χ4v) is 7.95. The molecule has 1 aromatic rings. The van der Waals surface area contributed by atoms with Crippen LogP contribution < -0.4 is 5.32 Å². The van der Waals surface area contributed by atoms with E-state index in [1.807, 2.05) is 39.1 Å². The van der Waals surface area contributed by atoms with E-state index in [0.717, 1.165) is 34.4 Å². The summed E-state index contributed by atoms with van der Waals surface area (Å²) in [4.78, 5) is 51.7. The molecule has 0 bridgehead atoms. The first-order chi connectivity index (χ1) is 20.0. The molecular formula is C32H39N5O5. The molecule has 6 aliphatic rings. The van der Waals surface area contributed by atoms with E-state index in [2.05, 4.69) is 27.1 Å². The molecule has 2 N–H and O–H groups in total. The van der Waals surface area contributed by atoms with Gasteiger partial charge in [-0.15, -0.1) is 0 Å². The second-order valence-corrected chi connectivity index (χ2v) is 13.4. The molecule has 1 aromatic carbocycles. The lowest BCUT2D eigenvalue weighted by Crippen LogP contribution is -2.71. The highest BCUT2D eigenvalue weighted by molar-refractivity contribution is 6.06. The molecule has 3 amide bonds. The van der Waals surface area contributed by atoms with Crippen molar-refractivity contribution in [2.75, 3.05) is 20.1 Å². The predicted octanol–water partition coefficient (Wildman–Crippen LogP) is 2.49. The van der Waals surface area contributed by atoms with Crippen LogP contribution in [0.4, 0.5) is 5.69 Å². The molecule has 0 aromatic heterocycles. The minimum atomic E-state index is -2.01. The van der Waals surface area contributed by atoms with Crippen LogP contribution in [0.15, 0.2) is 29.3 Å². The number of rotatable bonds is 5. The Kier molecular flexibility index (Phi) is 6.13. The number of fused-ring (bicyclic) bond motifs is 5. The number of aliphatic hydroxyl groups is 1. The van der Waals surface area contributed by atoms with Crippen LogP contribution in [-0.4, -0.2) is 93.3 Å². The Bertz CT molecular complexity index is 1490. The largest absolute Gasteiger partial charge is 0.347 e. The highest BCUT2D eigenvalue weighted by Crippen LogP contribution is 2.49. The molecule has 222 valence electrons. The van der Waals surface area contributed by atoms with Gasteiger partial charge in [-0.2, -0.15) is 0 Å². The number of hydrogen-bond donors (Lipinski definition) is 2. The fraction of sp³-hybridized carbons (Fsp3) is 0.594. The van der Waals surface area contributed by atoms with Gasteiger partial charge in [0.1, 0.15) is 12.1 Å². The minimum absolute atomic E-state index is 0.0990. The Balaban J connectivity index is 1.24. The van der Waals surface area contributed by atoms with Gasteiger partial charge in [-0.3, -0.25) is 28.9 Å². The summed E-state index contributed by atoms with van der Waals surface area (Å²) in [6.07, 6.45) is 4.42. The second kappa shape index (κ2) is 9.35. The van der Waals surface area contributed by atoms with Crippen molar-refractivity contribution in [3.63, 3.8) is 0 Å². The third-order valence-corrected chi connectivity index (χ3v) is 10.0. The van der Waals surface area contributed by atoms with Gasteiger partial charge in [0.15, 0.2) is 0 Å². The van der Waals surface area contributed by atoms with E-state index >= 15 is 0 Å². The zero-order valence-corrected chi connectivity index (χ0v) is 24.9. The van der Waals surface area contributed by atoms with Crippen molar-refractivity contribution >= 4 is 40.4 Å². The van der Waals surface area contributed by atoms with Gasteiger partial charge in [-0.1, -0.05) is 45.9 Å². The molecular weight excluding hydrogens is 534 g/mol. The van der Waals surface area contributed by atoms with Gasteiger partial charge in [-0.05, 0) is 55.3 Å². The molecule has 5 heterocycles. The summed E-state index contributed by atoms with van der Waals surface area (Å²) >= 11 is 0. The Morgan fingerprint density at radius 1 is 1.26 bits per heavy atom. The second-order valence-electron chi connectivity index (χ2n) is 13.4. The van der Waals surface area contributed by atoms with E-state index in [1.54, 1.807) is 18.7 Å².